The Balaban J connectivity index is 1.68. The van der Waals surface area contributed by atoms with Crippen LogP contribution in [-0.4, -0.2) is 27.5 Å². The van der Waals surface area contributed by atoms with Crippen molar-refractivity contribution in [3.8, 4) is 5.69 Å². The molecule has 1 heterocycles. The van der Waals surface area contributed by atoms with Crippen LogP contribution in [0, 0.1) is 10.1 Å². The second-order valence-corrected chi connectivity index (χ2v) is 6.51. The number of anilines is 1. The minimum atomic E-state index is -1.15. The van der Waals surface area contributed by atoms with E-state index < -0.39 is 22.9 Å². The van der Waals surface area contributed by atoms with Crippen LogP contribution in [0.2, 0.25) is 5.02 Å². The van der Waals surface area contributed by atoms with Crippen LogP contribution in [0.1, 0.15) is 17.3 Å². The summed E-state index contributed by atoms with van der Waals surface area (Å²) in [6.45, 7) is 1.40. The normalized spacial score (nSPS) is 11.5. The summed E-state index contributed by atoms with van der Waals surface area (Å²) in [5.41, 5.74) is 0.883. The number of esters is 1. The summed E-state index contributed by atoms with van der Waals surface area (Å²) in [4.78, 5) is 35.0. The number of hydrogen-bond acceptors (Lipinski definition) is 5. The van der Waals surface area contributed by atoms with Crippen molar-refractivity contribution < 1.29 is 19.2 Å². The van der Waals surface area contributed by atoms with Gasteiger partial charge in [-0.3, -0.25) is 14.9 Å². The van der Waals surface area contributed by atoms with Crippen molar-refractivity contribution in [2.75, 3.05) is 5.32 Å². The number of benzene rings is 2. The topological polar surface area (TPSA) is 103 Å². The van der Waals surface area contributed by atoms with Crippen molar-refractivity contribution in [1.29, 1.82) is 0 Å². The average molecular weight is 414 g/mol. The van der Waals surface area contributed by atoms with Gasteiger partial charge in [-0.15, -0.1) is 0 Å². The van der Waals surface area contributed by atoms with E-state index >= 15 is 0 Å². The molecule has 1 amide bonds. The van der Waals surface area contributed by atoms with E-state index in [0.29, 0.717) is 0 Å². The number of nitro benzene ring substituents is 1. The fourth-order valence-corrected chi connectivity index (χ4v) is 2.70. The summed E-state index contributed by atoms with van der Waals surface area (Å²) in [5.74, 6) is -1.34. The predicted molar refractivity (Wildman–Crippen MR) is 107 cm³/mol. The molecule has 9 heteroatoms. The van der Waals surface area contributed by atoms with E-state index in [1.54, 1.807) is 18.2 Å². The summed E-state index contributed by atoms with van der Waals surface area (Å²) in [6, 6.07) is 14.1. The predicted octanol–water partition coefficient (Wildman–Crippen LogP) is 4.22. The molecule has 148 valence electrons. The molecule has 3 rings (SSSR count). The molecule has 8 nitrogen and oxygen atoms in total. The van der Waals surface area contributed by atoms with Gasteiger partial charge < -0.3 is 14.6 Å². The molecular weight excluding hydrogens is 398 g/mol. The fourth-order valence-electron chi connectivity index (χ4n) is 2.54. The second kappa shape index (κ2) is 8.57. The number of rotatable bonds is 6. The van der Waals surface area contributed by atoms with Crippen molar-refractivity contribution >= 4 is 34.9 Å². The van der Waals surface area contributed by atoms with E-state index in [1.165, 1.54) is 19.1 Å². The number of aromatic nitrogens is 1. The lowest BCUT2D eigenvalue weighted by Gasteiger charge is -2.14. The van der Waals surface area contributed by atoms with Crippen LogP contribution in [0.25, 0.3) is 5.69 Å². The zero-order chi connectivity index (χ0) is 21.0. The SMILES string of the molecule is CC(OC(=O)c1cccc(-n2cccc2)c1)C(=O)Nc1cc([N+](=O)[O-])ccc1Cl. The van der Waals surface area contributed by atoms with Crippen LogP contribution >= 0.6 is 11.6 Å². The van der Waals surface area contributed by atoms with Gasteiger partial charge in [0.05, 0.1) is 21.2 Å². The number of nitrogens with zero attached hydrogens (tertiary/aromatic N) is 2. The van der Waals surface area contributed by atoms with Gasteiger partial charge in [0, 0.05) is 30.2 Å². The molecule has 0 radical (unpaired) electrons. The van der Waals surface area contributed by atoms with E-state index in [9.17, 15) is 19.7 Å². The summed E-state index contributed by atoms with van der Waals surface area (Å²) in [5, 5.41) is 13.4. The van der Waals surface area contributed by atoms with Crippen LogP contribution < -0.4 is 5.32 Å². The van der Waals surface area contributed by atoms with E-state index in [-0.39, 0.29) is 22.0 Å². The highest BCUT2D eigenvalue weighted by Gasteiger charge is 2.21. The fraction of sp³-hybridized carbons (Fsp3) is 0.100. The molecule has 1 N–H and O–H groups in total. The standard InChI is InChI=1S/C20H16ClN3O5/c1-13(19(25)22-18-12-16(24(27)28)7-8-17(18)21)29-20(26)14-5-4-6-15(11-14)23-9-2-3-10-23/h2-13H,1H3,(H,22,25). The smallest absolute Gasteiger partial charge is 0.338 e. The van der Waals surface area contributed by atoms with Gasteiger partial charge in [0.2, 0.25) is 0 Å². The second-order valence-electron chi connectivity index (χ2n) is 6.10. The quantitative estimate of drug-likeness (QED) is 0.370. The third kappa shape index (κ3) is 4.80. The van der Waals surface area contributed by atoms with Gasteiger partial charge >= 0.3 is 5.97 Å². The Labute approximate surface area is 170 Å². The van der Waals surface area contributed by atoms with Crippen molar-refractivity contribution in [1.82, 2.24) is 4.57 Å². The Hall–Kier alpha value is -3.65. The number of nitrogens with one attached hydrogen (secondary N) is 1. The van der Waals surface area contributed by atoms with Crippen molar-refractivity contribution in [3.05, 3.63) is 87.7 Å². The third-order valence-electron chi connectivity index (χ3n) is 4.06. The highest BCUT2D eigenvalue weighted by atomic mass is 35.5. The van der Waals surface area contributed by atoms with Crippen LogP contribution in [0.3, 0.4) is 0 Å². The van der Waals surface area contributed by atoms with Gasteiger partial charge in [-0.25, -0.2) is 4.79 Å². The van der Waals surface area contributed by atoms with E-state index in [1.807, 2.05) is 35.2 Å². The number of carbonyl (C=O) groups is 2. The first-order valence-corrected chi connectivity index (χ1v) is 8.92. The zero-order valence-electron chi connectivity index (χ0n) is 15.2. The highest BCUT2D eigenvalue weighted by molar-refractivity contribution is 6.33. The minimum absolute atomic E-state index is 0.0587. The average Bonchev–Trinajstić information content (AvgIpc) is 3.24. The first-order chi connectivity index (χ1) is 13.8. The van der Waals surface area contributed by atoms with E-state index in [4.69, 9.17) is 16.3 Å². The van der Waals surface area contributed by atoms with Crippen LogP contribution in [0.15, 0.2) is 67.0 Å². The number of carbonyl (C=O) groups excluding carboxylic acids is 2. The summed E-state index contributed by atoms with van der Waals surface area (Å²) >= 11 is 5.97. The largest absolute Gasteiger partial charge is 0.449 e. The van der Waals surface area contributed by atoms with Crippen LogP contribution in [0.4, 0.5) is 11.4 Å². The molecule has 0 bridgehead atoms. The number of ether oxygens (including phenoxy) is 1. The molecule has 0 fully saturated rings. The highest BCUT2D eigenvalue weighted by Crippen LogP contribution is 2.27. The van der Waals surface area contributed by atoms with Gasteiger partial charge in [0.15, 0.2) is 6.10 Å². The van der Waals surface area contributed by atoms with Gasteiger partial charge in [0.1, 0.15) is 0 Å². The molecule has 0 saturated heterocycles. The van der Waals surface area contributed by atoms with Gasteiger partial charge in [-0.1, -0.05) is 17.7 Å². The van der Waals surface area contributed by atoms with Crippen LogP contribution in [0.5, 0.6) is 0 Å². The molecule has 0 aliphatic carbocycles. The maximum Gasteiger partial charge on any atom is 0.338 e. The van der Waals surface area contributed by atoms with Gasteiger partial charge in [-0.2, -0.15) is 0 Å². The Bertz CT molecular complexity index is 1070. The molecule has 1 aromatic heterocycles. The lowest BCUT2D eigenvalue weighted by Crippen LogP contribution is -2.30. The van der Waals surface area contributed by atoms with Crippen molar-refractivity contribution in [2.24, 2.45) is 0 Å². The third-order valence-corrected chi connectivity index (χ3v) is 4.39. The summed E-state index contributed by atoms with van der Waals surface area (Å²) < 4.78 is 7.05. The molecule has 2 aromatic carbocycles. The molecular formula is C20H16ClN3O5. The first kappa shape index (κ1) is 20.1. The maximum atomic E-state index is 12.4. The number of non-ortho nitro benzene ring substituents is 1. The van der Waals surface area contributed by atoms with Gasteiger partial charge in [0.25, 0.3) is 11.6 Å². The monoisotopic (exact) mass is 413 g/mol. The molecule has 3 aromatic rings. The molecule has 1 unspecified atom stereocenters. The minimum Gasteiger partial charge on any atom is -0.449 e. The maximum absolute atomic E-state index is 12.4. The Morgan fingerprint density at radius 3 is 2.55 bits per heavy atom. The molecule has 0 aliphatic heterocycles. The lowest BCUT2D eigenvalue weighted by atomic mass is 10.2. The van der Waals surface area contributed by atoms with Crippen molar-refractivity contribution in [2.45, 2.75) is 13.0 Å². The molecule has 0 aliphatic rings. The number of amides is 1. The number of nitro groups is 1. The Morgan fingerprint density at radius 1 is 1.14 bits per heavy atom. The summed E-state index contributed by atoms with van der Waals surface area (Å²) in [6.07, 6.45) is 2.53. The van der Waals surface area contributed by atoms with Crippen molar-refractivity contribution in [3.63, 3.8) is 0 Å². The number of halogens is 1. The van der Waals surface area contributed by atoms with E-state index in [0.717, 1.165) is 11.8 Å². The lowest BCUT2D eigenvalue weighted by molar-refractivity contribution is -0.384. The Kier molecular flexibility index (Phi) is 5.94. The molecule has 0 spiro atoms. The summed E-state index contributed by atoms with van der Waals surface area (Å²) in [7, 11) is 0. The molecule has 1 atom stereocenters. The molecule has 0 saturated carbocycles. The van der Waals surface area contributed by atoms with Gasteiger partial charge in [-0.05, 0) is 43.3 Å². The van der Waals surface area contributed by atoms with Crippen LogP contribution in [-0.2, 0) is 9.53 Å². The molecule has 29 heavy (non-hydrogen) atoms. The zero-order valence-corrected chi connectivity index (χ0v) is 16.0. The number of hydrogen-bond donors (Lipinski definition) is 1. The Morgan fingerprint density at radius 2 is 1.86 bits per heavy atom. The first-order valence-electron chi connectivity index (χ1n) is 8.54. The van der Waals surface area contributed by atoms with E-state index in [2.05, 4.69) is 5.32 Å².